The van der Waals surface area contributed by atoms with Crippen LogP contribution in [0.15, 0.2) is 24.3 Å². The lowest BCUT2D eigenvalue weighted by atomic mass is 9.97. The average Bonchev–Trinajstić information content (AvgIpc) is 3.22. The highest BCUT2D eigenvalue weighted by Crippen LogP contribution is 2.31. The molecule has 0 aliphatic carbocycles. The van der Waals surface area contributed by atoms with E-state index >= 15 is 0 Å². The van der Waals surface area contributed by atoms with E-state index < -0.39 is 51.9 Å². The molecule has 0 saturated carbocycles. The van der Waals surface area contributed by atoms with Crippen LogP contribution in [0.25, 0.3) is 0 Å². The fraction of sp³-hybridized carbons (Fsp3) is 0.609. The van der Waals surface area contributed by atoms with E-state index in [0.717, 1.165) is 17.0 Å². The van der Waals surface area contributed by atoms with E-state index in [1.807, 2.05) is 6.07 Å². The predicted molar refractivity (Wildman–Crippen MR) is 122 cm³/mol. The maximum atomic E-state index is 14.3. The Kier molecular flexibility index (Phi) is 7.77. The second-order valence-corrected chi connectivity index (χ2v) is 11.5. The Balaban J connectivity index is 1.37. The molecule has 1 N–H and O–H groups in total. The van der Waals surface area contributed by atoms with Crippen LogP contribution in [-0.2, 0) is 32.5 Å². The van der Waals surface area contributed by atoms with Gasteiger partial charge in [0.25, 0.3) is 10.2 Å². The molecule has 3 saturated heterocycles. The predicted octanol–water partition coefficient (Wildman–Crippen LogP) is 1.67. The summed E-state index contributed by atoms with van der Waals surface area (Å²) in [7, 11) is -3.83. The molecule has 37 heavy (non-hydrogen) atoms. The zero-order valence-electron chi connectivity index (χ0n) is 19.8. The van der Waals surface area contributed by atoms with Gasteiger partial charge in [-0.15, -0.1) is 0 Å². The molecule has 9 nitrogen and oxygen atoms in total. The van der Waals surface area contributed by atoms with Crippen molar-refractivity contribution in [1.82, 2.24) is 18.8 Å². The molecule has 3 aliphatic heterocycles. The van der Waals surface area contributed by atoms with Crippen molar-refractivity contribution >= 4 is 22.0 Å². The molecule has 0 unspecified atom stereocenters. The number of hydrogen-bond donors (Lipinski definition) is 1. The fourth-order valence-corrected chi connectivity index (χ4v) is 6.65. The average molecular weight is 546 g/mol. The van der Waals surface area contributed by atoms with Crippen LogP contribution in [0, 0.1) is 23.2 Å². The Morgan fingerprint density at radius 3 is 2.38 bits per heavy atom. The highest BCUT2D eigenvalue weighted by molar-refractivity contribution is 7.86. The standard InChI is InChI=1S/C23H27F4N5O4S/c24-19-8-20(21(33)29-10-15-3-5-18(6-4-15)23(25,26)27)32(14-19)22(34)17-2-1-7-30(13-17)37(35,36)31-11-16(9-28)12-31/h3-6,16-17,19-20H,1-2,7-8,10-14H2,(H,29,33)/t17-,19-,20+/m0/s1. The van der Waals surface area contributed by atoms with E-state index in [0.29, 0.717) is 18.4 Å². The summed E-state index contributed by atoms with van der Waals surface area (Å²) in [5.41, 5.74) is -0.412. The topological polar surface area (TPSA) is 114 Å². The van der Waals surface area contributed by atoms with E-state index in [2.05, 4.69) is 5.32 Å². The minimum Gasteiger partial charge on any atom is -0.350 e. The van der Waals surface area contributed by atoms with Crippen molar-refractivity contribution in [2.45, 2.75) is 44.2 Å². The van der Waals surface area contributed by atoms with Gasteiger partial charge in [-0.25, -0.2) is 4.39 Å². The maximum absolute atomic E-state index is 14.3. The van der Waals surface area contributed by atoms with Gasteiger partial charge in [-0.05, 0) is 30.5 Å². The number of piperidine rings is 1. The number of benzene rings is 1. The van der Waals surface area contributed by atoms with Crippen LogP contribution in [-0.4, -0.2) is 78.7 Å². The van der Waals surface area contributed by atoms with E-state index in [4.69, 9.17) is 5.26 Å². The van der Waals surface area contributed by atoms with Crippen LogP contribution in [0.4, 0.5) is 17.6 Å². The molecule has 3 fully saturated rings. The second-order valence-electron chi connectivity index (χ2n) is 9.60. The van der Waals surface area contributed by atoms with Crippen molar-refractivity contribution in [2.24, 2.45) is 11.8 Å². The number of carbonyl (C=O) groups excluding carboxylic acids is 2. The smallest absolute Gasteiger partial charge is 0.350 e. The monoisotopic (exact) mass is 545 g/mol. The Bertz CT molecular complexity index is 1170. The summed E-state index contributed by atoms with van der Waals surface area (Å²) >= 11 is 0. The van der Waals surface area contributed by atoms with Gasteiger partial charge in [0.05, 0.1) is 30.0 Å². The van der Waals surface area contributed by atoms with Crippen molar-refractivity contribution in [3.8, 4) is 6.07 Å². The molecule has 3 aliphatic rings. The summed E-state index contributed by atoms with van der Waals surface area (Å²) in [4.78, 5) is 27.2. The van der Waals surface area contributed by atoms with Gasteiger partial charge in [0, 0.05) is 39.1 Å². The molecule has 14 heteroatoms. The summed E-state index contributed by atoms with van der Waals surface area (Å²) in [6, 6.07) is 5.17. The maximum Gasteiger partial charge on any atom is 0.416 e. The van der Waals surface area contributed by atoms with E-state index in [1.54, 1.807) is 0 Å². The number of rotatable bonds is 6. The lowest BCUT2D eigenvalue weighted by Gasteiger charge is -2.41. The van der Waals surface area contributed by atoms with Crippen LogP contribution < -0.4 is 5.32 Å². The molecule has 0 spiro atoms. The number of alkyl halides is 4. The fourth-order valence-electron chi connectivity index (χ4n) is 4.85. The van der Waals surface area contributed by atoms with Crippen LogP contribution in [0.5, 0.6) is 0 Å². The SMILES string of the molecule is N#CC1CN(S(=O)(=O)N2CCC[C@H](C(=O)N3C[C@@H](F)C[C@@H]3C(=O)NCc3ccc(C(F)(F)F)cc3)C2)C1. The van der Waals surface area contributed by atoms with Gasteiger partial charge in [0.2, 0.25) is 11.8 Å². The first-order valence-electron chi connectivity index (χ1n) is 11.9. The van der Waals surface area contributed by atoms with Crippen LogP contribution in [0.3, 0.4) is 0 Å². The minimum atomic E-state index is -4.48. The van der Waals surface area contributed by atoms with Crippen LogP contribution in [0.1, 0.15) is 30.4 Å². The van der Waals surface area contributed by atoms with Gasteiger partial charge in [-0.1, -0.05) is 12.1 Å². The molecule has 0 radical (unpaired) electrons. The zero-order valence-corrected chi connectivity index (χ0v) is 20.6. The number of amides is 2. The van der Waals surface area contributed by atoms with Crippen LogP contribution in [0.2, 0.25) is 0 Å². The summed E-state index contributed by atoms with van der Waals surface area (Å²) in [6.07, 6.45) is -5.33. The Hall–Kier alpha value is -2.76. The minimum absolute atomic E-state index is 0.0950. The van der Waals surface area contributed by atoms with Crippen LogP contribution >= 0.6 is 0 Å². The van der Waals surface area contributed by atoms with E-state index in [-0.39, 0.29) is 51.6 Å². The highest BCUT2D eigenvalue weighted by atomic mass is 32.2. The number of carbonyl (C=O) groups is 2. The number of nitrogens with zero attached hydrogens (tertiary/aromatic N) is 4. The molecule has 1 aromatic rings. The zero-order chi connectivity index (χ0) is 27.0. The molecule has 1 aromatic carbocycles. The van der Waals surface area contributed by atoms with Crippen molar-refractivity contribution in [3.63, 3.8) is 0 Å². The second kappa shape index (κ2) is 10.5. The summed E-state index contributed by atoms with van der Waals surface area (Å²) < 4.78 is 80.6. The lowest BCUT2D eigenvalue weighted by Crippen LogP contribution is -2.57. The van der Waals surface area contributed by atoms with E-state index in [1.165, 1.54) is 20.7 Å². The first-order valence-corrected chi connectivity index (χ1v) is 13.3. The first kappa shape index (κ1) is 27.3. The molecular formula is C23H27F4N5O4S. The molecular weight excluding hydrogens is 518 g/mol. The summed E-state index contributed by atoms with van der Waals surface area (Å²) in [5.74, 6) is -2.23. The Morgan fingerprint density at radius 2 is 1.76 bits per heavy atom. The third-order valence-corrected chi connectivity index (χ3v) is 8.94. The van der Waals surface area contributed by atoms with Crippen molar-refractivity contribution in [1.29, 1.82) is 5.26 Å². The quantitative estimate of drug-likeness (QED) is 0.547. The van der Waals surface area contributed by atoms with Gasteiger partial charge in [0.1, 0.15) is 12.2 Å². The van der Waals surface area contributed by atoms with Gasteiger partial charge < -0.3 is 10.2 Å². The van der Waals surface area contributed by atoms with Crippen molar-refractivity contribution < 1.29 is 35.6 Å². The Morgan fingerprint density at radius 1 is 1.08 bits per heavy atom. The molecule has 0 aromatic heterocycles. The first-order chi connectivity index (χ1) is 17.4. The highest BCUT2D eigenvalue weighted by Gasteiger charge is 2.45. The van der Waals surface area contributed by atoms with Gasteiger partial charge in [0.15, 0.2) is 0 Å². The number of nitrogens with one attached hydrogen (secondary N) is 1. The van der Waals surface area contributed by atoms with Crippen molar-refractivity contribution in [3.05, 3.63) is 35.4 Å². The normalized spacial score (nSPS) is 25.9. The van der Waals surface area contributed by atoms with Crippen molar-refractivity contribution in [2.75, 3.05) is 32.7 Å². The number of nitriles is 1. The Labute approximate surface area is 212 Å². The number of halogens is 4. The third kappa shape index (κ3) is 5.89. The molecule has 2 amide bonds. The molecule has 3 atom stereocenters. The van der Waals surface area contributed by atoms with E-state index in [9.17, 15) is 35.6 Å². The molecule has 3 heterocycles. The molecule has 0 bridgehead atoms. The number of likely N-dealkylation sites (tertiary alicyclic amines) is 1. The summed E-state index contributed by atoms with van der Waals surface area (Å²) in [6.45, 7) is -0.0573. The van der Waals surface area contributed by atoms with Gasteiger partial charge >= 0.3 is 6.18 Å². The van der Waals surface area contributed by atoms with Gasteiger partial charge in [-0.2, -0.15) is 35.5 Å². The molecule has 4 rings (SSSR count). The largest absolute Gasteiger partial charge is 0.416 e. The summed E-state index contributed by atoms with van der Waals surface area (Å²) in [5, 5.41) is 11.5. The van der Waals surface area contributed by atoms with Gasteiger partial charge in [-0.3, -0.25) is 9.59 Å². The number of hydrogen-bond acceptors (Lipinski definition) is 5. The third-order valence-electron chi connectivity index (χ3n) is 7.00. The molecule has 202 valence electrons. The lowest BCUT2D eigenvalue weighted by molar-refractivity contribution is -0.142.